The molecule has 0 aromatic carbocycles. The van der Waals surface area contributed by atoms with Crippen LogP contribution >= 0.6 is 0 Å². The Morgan fingerprint density at radius 1 is 1.38 bits per heavy atom. The van der Waals surface area contributed by atoms with Crippen LogP contribution in [0.4, 0.5) is 0 Å². The summed E-state index contributed by atoms with van der Waals surface area (Å²) < 4.78 is 0. The summed E-state index contributed by atoms with van der Waals surface area (Å²) in [6.45, 7) is 2.77. The van der Waals surface area contributed by atoms with Gasteiger partial charge in [-0.25, -0.2) is 0 Å². The Labute approximate surface area is 79.5 Å². The molecule has 2 aliphatic rings. The zero-order valence-electron chi connectivity index (χ0n) is 8.31. The molecule has 0 atom stereocenters. The van der Waals surface area contributed by atoms with Crippen LogP contribution in [0.5, 0.6) is 0 Å². The van der Waals surface area contributed by atoms with Gasteiger partial charge in [0.2, 0.25) is 5.91 Å². The van der Waals surface area contributed by atoms with E-state index >= 15 is 0 Å². The Bertz CT molecular complexity index is 209. The third-order valence-corrected chi connectivity index (χ3v) is 3.39. The van der Waals surface area contributed by atoms with Crippen LogP contribution in [-0.2, 0) is 4.79 Å². The van der Waals surface area contributed by atoms with Gasteiger partial charge in [-0.15, -0.1) is 0 Å². The maximum absolute atomic E-state index is 11.8. The zero-order chi connectivity index (χ0) is 9.31. The minimum atomic E-state index is -0.0365. The minimum absolute atomic E-state index is 0.0365. The Kier molecular flexibility index (Phi) is 2.28. The summed E-state index contributed by atoms with van der Waals surface area (Å²) in [5, 5.41) is 3.03. The maximum Gasteiger partial charge on any atom is 0.227 e. The van der Waals surface area contributed by atoms with E-state index in [0.717, 1.165) is 32.5 Å². The van der Waals surface area contributed by atoms with Crippen LogP contribution in [0.25, 0.3) is 0 Å². The molecule has 0 aromatic rings. The van der Waals surface area contributed by atoms with Crippen LogP contribution in [0.1, 0.15) is 25.7 Å². The SMILES string of the molecule is CN1CCNC(=O)C2(CCCC2)C1. The molecule has 74 valence electrons. The molecule has 0 unspecified atom stereocenters. The highest BCUT2D eigenvalue weighted by molar-refractivity contribution is 5.83. The molecule has 1 saturated carbocycles. The highest BCUT2D eigenvalue weighted by Gasteiger charge is 2.42. The fourth-order valence-corrected chi connectivity index (χ4v) is 2.65. The second kappa shape index (κ2) is 3.29. The van der Waals surface area contributed by atoms with Crippen molar-refractivity contribution in [2.75, 3.05) is 26.7 Å². The largest absolute Gasteiger partial charge is 0.354 e. The van der Waals surface area contributed by atoms with E-state index in [2.05, 4.69) is 17.3 Å². The molecule has 1 aliphatic heterocycles. The van der Waals surface area contributed by atoms with E-state index in [1.54, 1.807) is 0 Å². The van der Waals surface area contributed by atoms with Crippen LogP contribution in [0.2, 0.25) is 0 Å². The summed E-state index contributed by atoms with van der Waals surface area (Å²) >= 11 is 0. The molecule has 2 fully saturated rings. The summed E-state index contributed by atoms with van der Waals surface area (Å²) in [6.07, 6.45) is 4.62. The van der Waals surface area contributed by atoms with Gasteiger partial charge in [0.15, 0.2) is 0 Å². The number of rotatable bonds is 0. The summed E-state index contributed by atoms with van der Waals surface area (Å²) in [4.78, 5) is 14.1. The van der Waals surface area contributed by atoms with Gasteiger partial charge < -0.3 is 10.2 Å². The van der Waals surface area contributed by atoms with Gasteiger partial charge in [0, 0.05) is 19.6 Å². The first-order valence-corrected chi connectivity index (χ1v) is 5.20. The molecular formula is C10H18N2O. The van der Waals surface area contributed by atoms with E-state index in [4.69, 9.17) is 0 Å². The Morgan fingerprint density at radius 3 is 2.77 bits per heavy atom. The molecule has 3 nitrogen and oxygen atoms in total. The molecule has 0 aromatic heterocycles. The zero-order valence-corrected chi connectivity index (χ0v) is 8.31. The van der Waals surface area contributed by atoms with Gasteiger partial charge in [0.25, 0.3) is 0 Å². The van der Waals surface area contributed by atoms with Crippen molar-refractivity contribution in [1.29, 1.82) is 0 Å². The summed E-state index contributed by atoms with van der Waals surface area (Å²) in [6, 6.07) is 0. The average Bonchev–Trinajstić information content (AvgIpc) is 2.48. The van der Waals surface area contributed by atoms with Crippen molar-refractivity contribution in [3.63, 3.8) is 0 Å². The lowest BCUT2D eigenvalue weighted by atomic mass is 9.85. The van der Waals surface area contributed by atoms with Gasteiger partial charge in [-0.05, 0) is 19.9 Å². The average molecular weight is 182 g/mol. The molecular weight excluding hydrogens is 164 g/mol. The predicted molar refractivity (Wildman–Crippen MR) is 51.4 cm³/mol. The van der Waals surface area contributed by atoms with E-state index in [1.807, 2.05) is 0 Å². The van der Waals surface area contributed by atoms with Crippen LogP contribution in [0.15, 0.2) is 0 Å². The fourth-order valence-electron chi connectivity index (χ4n) is 2.65. The van der Waals surface area contributed by atoms with Crippen LogP contribution in [0.3, 0.4) is 0 Å². The second-order valence-electron chi connectivity index (χ2n) is 4.48. The molecule has 1 aliphatic carbocycles. The number of hydrogen-bond acceptors (Lipinski definition) is 2. The molecule has 1 amide bonds. The molecule has 0 radical (unpaired) electrons. The number of amides is 1. The number of nitrogens with one attached hydrogen (secondary N) is 1. The van der Waals surface area contributed by atoms with Crippen molar-refractivity contribution < 1.29 is 4.79 Å². The van der Waals surface area contributed by atoms with E-state index in [9.17, 15) is 4.79 Å². The molecule has 2 rings (SSSR count). The number of carbonyl (C=O) groups excluding carboxylic acids is 1. The lowest BCUT2D eigenvalue weighted by molar-refractivity contribution is -0.130. The Balaban J connectivity index is 2.16. The summed E-state index contributed by atoms with van der Waals surface area (Å²) in [5.74, 6) is 0.300. The van der Waals surface area contributed by atoms with E-state index in [1.165, 1.54) is 12.8 Å². The van der Waals surface area contributed by atoms with Crippen molar-refractivity contribution >= 4 is 5.91 Å². The Hall–Kier alpha value is -0.570. The van der Waals surface area contributed by atoms with E-state index < -0.39 is 0 Å². The van der Waals surface area contributed by atoms with Crippen molar-refractivity contribution in [2.24, 2.45) is 5.41 Å². The van der Waals surface area contributed by atoms with Crippen LogP contribution < -0.4 is 5.32 Å². The van der Waals surface area contributed by atoms with Gasteiger partial charge in [-0.1, -0.05) is 12.8 Å². The predicted octanol–water partition coefficient (Wildman–Crippen LogP) is 0.608. The molecule has 3 heteroatoms. The molecule has 1 saturated heterocycles. The molecule has 0 bridgehead atoms. The number of likely N-dealkylation sites (N-methyl/N-ethyl adjacent to an activating group) is 1. The summed E-state index contributed by atoms with van der Waals surface area (Å²) in [7, 11) is 2.11. The van der Waals surface area contributed by atoms with Crippen molar-refractivity contribution in [3.8, 4) is 0 Å². The number of nitrogens with zero attached hydrogens (tertiary/aromatic N) is 1. The van der Waals surface area contributed by atoms with Crippen molar-refractivity contribution in [3.05, 3.63) is 0 Å². The normalized spacial score (nSPS) is 28.8. The maximum atomic E-state index is 11.8. The summed E-state index contributed by atoms with van der Waals surface area (Å²) in [5.41, 5.74) is -0.0365. The highest BCUT2D eigenvalue weighted by atomic mass is 16.2. The number of carbonyl (C=O) groups is 1. The molecule has 1 spiro atoms. The topological polar surface area (TPSA) is 32.3 Å². The smallest absolute Gasteiger partial charge is 0.227 e. The first-order valence-electron chi connectivity index (χ1n) is 5.20. The van der Waals surface area contributed by atoms with Crippen molar-refractivity contribution in [2.45, 2.75) is 25.7 Å². The molecule has 13 heavy (non-hydrogen) atoms. The first-order chi connectivity index (χ1) is 6.23. The number of hydrogen-bond donors (Lipinski definition) is 1. The van der Waals surface area contributed by atoms with Crippen LogP contribution in [0, 0.1) is 5.41 Å². The van der Waals surface area contributed by atoms with E-state index in [-0.39, 0.29) is 5.41 Å². The second-order valence-corrected chi connectivity index (χ2v) is 4.48. The van der Waals surface area contributed by atoms with E-state index in [0.29, 0.717) is 5.91 Å². The van der Waals surface area contributed by atoms with Gasteiger partial charge in [0.1, 0.15) is 0 Å². The quantitative estimate of drug-likeness (QED) is 0.595. The molecule has 1 N–H and O–H groups in total. The van der Waals surface area contributed by atoms with Gasteiger partial charge in [-0.2, -0.15) is 0 Å². The molecule has 1 heterocycles. The lowest BCUT2D eigenvalue weighted by Crippen LogP contribution is -2.41. The standard InChI is InChI=1S/C10H18N2O/c1-12-7-6-11-9(13)10(8-12)4-2-3-5-10/h2-8H2,1H3,(H,11,13). The first kappa shape index (κ1) is 9.00. The lowest BCUT2D eigenvalue weighted by Gasteiger charge is -2.28. The highest BCUT2D eigenvalue weighted by Crippen LogP contribution is 2.39. The van der Waals surface area contributed by atoms with Crippen LogP contribution in [-0.4, -0.2) is 37.5 Å². The van der Waals surface area contributed by atoms with Gasteiger partial charge in [0.05, 0.1) is 5.41 Å². The van der Waals surface area contributed by atoms with Crippen molar-refractivity contribution in [1.82, 2.24) is 10.2 Å². The monoisotopic (exact) mass is 182 g/mol. The van der Waals surface area contributed by atoms with Gasteiger partial charge >= 0.3 is 0 Å². The Morgan fingerprint density at radius 2 is 2.08 bits per heavy atom. The van der Waals surface area contributed by atoms with Gasteiger partial charge in [-0.3, -0.25) is 4.79 Å². The fraction of sp³-hybridized carbons (Fsp3) is 0.900. The minimum Gasteiger partial charge on any atom is -0.354 e. The third-order valence-electron chi connectivity index (χ3n) is 3.39. The third kappa shape index (κ3) is 1.57.